The molecule has 3 heterocycles. The number of para-hydroxylation sites is 1. The predicted molar refractivity (Wildman–Crippen MR) is 173 cm³/mol. The summed E-state index contributed by atoms with van der Waals surface area (Å²) >= 11 is 0.905. The van der Waals surface area contributed by atoms with E-state index in [-0.39, 0.29) is 52.9 Å². The van der Waals surface area contributed by atoms with Crippen molar-refractivity contribution >= 4 is 52.3 Å². The predicted octanol–water partition coefficient (Wildman–Crippen LogP) is 5.40. The molecule has 17 heteroatoms. The van der Waals surface area contributed by atoms with Crippen molar-refractivity contribution in [3.05, 3.63) is 64.8 Å². The minimum Gasteiger partial charge on any atom is -0.381 e. The van der Waals surface area contributed by atoms with Crippen molar-refractivity contribution < 1.29 is 36.3 Å². The first kappa shape index (κ1) is 35.0. The van der Waals surface area contributed by atoms with Gasteiger partial charge in [0.05, 0.1) is 16.9 Å². The number of H-pyrrole nitrogens is 1. The number of aromatic nitrogens is 2. The number of nitrogens with zero attached hydrogens (tertiary/aromatic N) is 5. The summed E-state index contributed by atoms with van der Waals surface area (Å²) in [6.07, 6.45) is -2.97. The molecule has 0 atom stereocenters. The number of carbonyl (C=O) groups is 2. The maximum absolute atomic E-state index is 14.3. The Balaban J connectivity index is 1.75. The number of nitrogens with two attached hydrogens (primary N) is 1. The van der Waals surface area contributed by atoms with Gasteiger partial charge in [-0.3, -0.25) is 24.5 Å². The zero-order valence-electron chi connectivity index (χ0n) is 26.4. The van der Waals surface area contributed by atoms with Gasteiger partial charge in [0.1, 0.15) is 22.4 Å². The standard InChI is InChI=1S/C31H35F5N8O3S/c1-41(2)10-5-11-42(3)29-26-28(39-40-29)38-17-24(48-21-15-18(32)14-19(33)16-21)44(26)23-7-4-6-22(27(37)45)25(23)43(30(46)31(34,35)36)20-8-12-47-13-9-20/h4,6-7,14-17,20H,5,8-13H2,1-3H3,(H2,37,45)(H2,38,39,40). The molecule has 2 aliphatic rings. The minimum atomic E-state index is -5.31. The number of anilines is 5. The van der Waals surface area contributed by atoms with Crippen molar-refractivity contribution in [1.82, 2.24) is 15.1 Å². The van der Waals surface area contributed by atoms with Crippen molar-refractivity contribution in [1.29, 1.82) is 0 Å². The second kappa shape index (κ2) is 14.4. The molecule has 258 valence electrons. The molecule has 11 nitrogen and oxygen atoms in total. The molecular weight excluding hydrogens is 659 g/mol. The SMILES string of the molecule is CN(C)CCCN(C)c1n[nH]c2c1N(c1cccc(C(N)=O)c1N(C(=O)C(F)(F)F)C1CCOCC1)C(Sc1cc(F)cc(F)c1)=CN2. The molecule has 1 aromatic heterocycles. The first-order chi connectivity index (χ1) is 22.8. The second-order valence-electron chi connectivity index (χ2n) is 11.6. The first-order valence-corrected chi connectivity index (χ1v) is 15.8. The monoisotopic (exact) mass is 694 g/mol. The van der Waals surface area contributed by atoms with Crippen molar-refractivity contribution in [2.45, 2.75) is 36.4 Å². The summed E-state index contributed by atoms with van der Waals surface area (Å²) in [5.74, 6) is -4.20. The Kier molecular flexibility index (Phi) is 10.5. The van der Waals surface area contributed by atoms with E-state index in [2.05, 4.69) is 15.5 Å². The normalized spacial score (nSPS) is 15.2. The fraction of sp³-hybridized carbons (Fsp3) is 0.387. The number of halogens is 5. The third kappa shape index (κ3) is 7.52. The Bertz CT molecular complexity index is 1670. The van der Waals surface area contributed by atoms with Crippen LogP contribution in [0.2, 0.25) is 0 Å². The van der Waals surface area contributed by atoms with Gasteiger partial charge in [-0.1, -0.05) is 17.8 Å². The van der Waals surface area contributed by atoms with E-state index < -0.39 is 35.7 Å². The fourth-order valence-electron chi connectivity index (χ4n) is 5.66. The van der Waals surface area contributed by atoms with Crippen LogP contribution in [0, 0.1) is 11.6 Å². The summed E-state index contributed by atoms with van der Waals surface area (Å²) in [6, 6.07) is 6.07. The Morgan fingerprint density at radius 1 is 1.08 bits per heavy atom. The summed E-state index contributed by atoms with van der Waals surface area (Å²) in [5, 5.41) is 10.7. The zero-order valence-corrected chi connectivity index (χ0v) is 27.2. The molecule has 0 aliphatic carbocycles. The van der Waals surface area contributed by atoms with Gasteiger partial charge in [0.15, 0.2) is 11.6 Å². The average molecular weight is 695 g/mol. The first-order valence-electron chi connectivity index (χ1n) is 15.0. The van der Waals surface area contributed by atoms with Crippen molar-refractivity contribution in [2.75, 3.05) is 67.5 Å². The van der Waals surface area contributed by atoms with Gasteiger partial charge < -0.3 is 25.6 Å². The highest BCUT2D eigenvalue weighted by Crippen LogP contribution is 2.51. The summed E-state index contributed by atoms with van der Waals surface area (Å²) in [7, 11) is 5.66. The molecule has 3 aromatic rings. The largest absolute Gasteiger partial charge is 0.471 e. The van der Waals surface area contributed by atoms with E-state index in [1.165, 1.54) is 29.3 Å². The average Bonchev–Trinajstić information content (AvgIpc) is 3.45. The van der Waals surface area contributed by atoms with E-state index in [1.807, 2.05) is 23.9 Å². The van der Waals surface area contributed by atoms with Gasteiger partial charge in [0.2, 0.25) is 0 Å². The number of thioether (sulfide) groups is 1. The van der Waals surface area contributed by atoms with Crippen LogP contribution in [0.15, 0.2) is 52.5 Å². The topological polar surface area (TPSA) is 123 Å². The van der Waals surface area contributed by atoms with E-state index in [9.17, 15) is 31.5 Å². The van der Waals surface area contributed by atoms with Crippen LogP contribution in [0.25, 0.3) is 0 Å². The number of carbonyl (C=O) groups excluding carboxylic acids is 2. The summed E-state index contributed by atoms with van der Waals surface area (Å²) in [4.78, 5) is 32.3. The Morgan fingerprint density at radius 3 is 2.40 bits per heavy atom. The molecule has 1 fully saturated rings. The zero-order chi connectivity index (χ0) is 34.7. The van der Waals surface area contributed by atoms with Crippen LogP contribution in [0.4, 0.5) is 50.6 Å². The molecule has 5 rings (SSSR count). The molecule has 48 heavy (non-hydrogen) atoms. The maximum atomic E-state index is 14.3. The van der Waals surface area contributed by atoms with Gasteiger partial charge in [-0.2, -0.15) is 18.3 Å². The molecule has 1 saturated heterocycles. The quantitative estimate of drug-likeness (QED) is 0.227. The maximum Gasteiger partial charge on any atom is 0.471 e. The van der Waals surface area contributed by atoms with Crippen molar-refractivity contribution in [3.8, 4) is 0 Å². The van der Waals surface area contributed by atoms with Crippen LogP contribution in [0.5, 0.6) is 0 Å². The number of fused-ring (bicyclic) bond motifs is 1. The molecule has 2 aliphatic heterocycles. The van der Waals surface area contributed by atoms with Gasteiger partial charge in [0.25, 0.3) is 5.91 Å². The lowest BCUT2D eigenvalue weighted by Crippen LogP contribution is -2.50. The van der Waals surface area contributed by atoms with Crippen LogP contribution in [0.3, 0.4) is 0 Å². The van der Waals surface area contributed by atoms with E-state index in [0.29, 0.717) is 34.8 Å². The molecule has 4 N–H and O–H groups in total. The highest BCUT2D eigenvalue weighted by Gasteiger charge is 2.48. The van der Waals surface area contributed by atoms with E-state index in [0.717, 1.165) is 36.9 Å². The smallest absolute Gasteiger partial charge is 0.381 e. The van der Waals surface area contributed by atoms with Crippen LogP contribution in [-0.2, 0) is 9.53 Å². The van der Waals surface area contributed by atoms with Gasteiger partial charge in [-0.15, -0.1) is 0 Å². The van der Waals surface area contributed by atoms with E-state index in [4.69, 9.17) is 10.5 Å². The number of hydrogen-bond donors (Lipinski definition) is 3. The number of rotatable bonds is 11. The summed E-state index contributed by atoms with van der Waals surface area (Å²) < 4.78 is 77.1. The van der Waals surface area contributed by atoms with Crippen molar-refractivity contribution in [2.24, 2.45) is 5.73 Å². The molecule has 2 amide bonds. The van der Waals surface area contributed by atoms with Crippen LogP contribution < -0.4 is 25.8 Å². The van der Waals surface area contributed by atoms with Crippen molar-refractivity contribution in [3.63, 3.8) is 0 Å². The lowest BCUT2D eigenvalue weighted by atomic mass is 10.0. The highest BCUT2D eigenvalue weighted by molar-refractivity contribution is 8.03. The third-order valence-corrected chi connectivity index (χ3v) is 8.79. The molecule has 0 saturated carbocycles. The van der Waals surface area contributed by atoms with Gasteiger partial charge in [-0.05, 0) is 64.2 Å². The molecule has 0 radical (unpaired) electrons. The van der Waals surface area contributed by atoms with Crippen LogP contribution >= 0.6 is 11.8 Å². The molecular formula is C31H35F5N8O3S. The molecule has 0 spiro atoms. The Morgan fingerprint density at radius 2 is 1.77 bits per heavy atom. The number of nitrogens with one attached hydrogen (secondary N) is 2. The number of primary amides is 1. The fourth-order valence-corrected chi connectivity index (χ4v) is 6.64. The lowest BCUT2D eigenvalue weighted by Gasteiger charge is -2.39. The van der Waals surface area contributed by atoms with Gasteiger partial charge >= 0.3 is 12.1 Å². The molecule has 0 bridgehead atoms. The Hall–Kier alpha value is -4.35. The number of benzene rings is 2. The van der Waals surface area contributed by atoms with Crippen LogP contribution in [0.1, 0.15) is 29.6 Å². The van der Waals surface area contributed by atoms with E-state index >= 15 is 0 Å². The summed E-state index contributed by atoms with van der Waals surface area (Å²) in [6.45, 7) is 1.47. The molecule has 2 aromatic carbocycles. The highest BCUT2D eigenvalue weighted by atomic mass is 32.2. The lowest BCUT2D eigenvalue weighted by molar-refractivity contribution is -0.171. The number of aromatic amines is 1. The summed E-state index contributed by atoms with van der Waals surface area (Å²) in [5.41, 5.74) is 5.38. The third-order valence-electron chi connectivity index (χ3n) is 7.80. The van der Waals surface area contributed by atoms with E-state index in [1.54, 1.807) is 7.05 Å². The van der Waals surface area contributed by atoms with Crippen LogP contribution in [-0.4, -0.2) is 86.6 Å². The number of alkyl halides is 3. The van der Waals surface area contributed by atoms with Gasteiger partial charge in [-0.25, -0.2) is 8.78 Å². The Labute approximate surface area is 277 Å². The molecule has 0 unspecified atom stereocenters. The minimum absolute atomic E-state index is 0.0156. The second-order valence-corrected chi connectivity index (χ2v) is 12.7. The number of ether oxygens (including phenoxy) is 1. The number of amides is 2. The number of hydrogen-bond acceptors (Lipinski definition) is 9. The van der Waals surface area contributed by atoms with Gasteiger partial charge in [0, 0.05) is 50.0 Å².